The van der Waals surface area contributed by atoms with Crippen molar-refractivity contribution in [2.45, 2.75) is 6.18 Å². The average Bonchev–Trinajstić information content (AvgIpc) is 2.45. The molecule has 0 aliphatic heterocycles. The van der Waals surface area contributed by atoms with E-state index in [0.717, 1.165) is 6.07 Å². The molecule has 0 aliphatic rings. The van der Waals surface area contributed by atoms with Gasteiger partial charge in [-0.2, -0.15) is 13.2 Å². The van der Waals surface area contributed by atoms with Gasteiger partial charge < -0.3 is 4.90 Å². The van der Waals surface area contributed by atoms with E-state index >= 15 is 0 Å². The molecule has 102 valence electrons. The first kappa shape index (κ1) is 13.9. The first-order chi connectivity index (χ1) is 9.45. The molecular weight excluding hydrogens is 267 g/mol. The van der Waals surface area contributed by atoms with Gasteiger partial charge in [0.2, 0.25) is 5.95 Å². The molecule has 0 atom stereocenters. The molecule has 6 heteroatoms. The number of nitrogens with zero attached hydrogens (tertiary/aromatic N) is 3. The van der Waals surface area contributed by atoms with E-state index in [4.69, 9.17) is 6.42 Å². The Morgan fingerprint density at radius 1 is 1.15 bits per heavy atom. The fourth-order valence-electron chi connectivity index (χ4n) is 1.81. The average molecular weight is 277 g/mol. The number of hydrogen-bond donors (Lipinski definition) is 0. The van der Waals surface area contributed by atoms with Crippen LogP contribution in [0.4, 0.5) is 24.8 Å². The van der Waals surface area contributed by atoms with Gasteiger partial charge in [-0.15, -0.1) is 6.42 Å². The Kier molecular flexibility index (Phi) is 3.61. The van der Waals surface area contributed by atoms with Crippen LogP contribution in [-0.2, 0) is 6.18 Å². The minimum Gasteiger partial charge on any atom is -0.312 e. The standard InChI is InChI=1S/C14H10F3N3/c1-3-10-6-4-7-11(14(15,16)17)12(10)20(2)13-18-8-5-9-19-13/h1,4-9H,2H3. The molecule has 0 fully saturated rings. The molecule has 3 nitrogen and oxygen atoms in total. The van der Waals surface area contributed by atoms with Crippen LogP contribution in [0.25, 0.3) is 0 Å². The topological polar surface area (TPSA) is 29.0 Å². The third-order valence-corrected chi connectivity index (χ3v) is 2.68. The van der Waals surface area contributed by atoms with Gasteiger partial charge in [0.05, 0.1) is 11.3 Å². The summed E-state index contributed by atoms with van der Waals surface area (Å²) in [6.07, 6.45) is 3.68. The van der Waals surface area contributed by atoms with Crippen LogP contribution in [0.2, 0.25) is 0 Å². The highest BCUT2D eigenvalue weighted by Crippen LogP contribution is 2.39. The maximum Gasteiger partial charge on any atom is 0.418 e. The number of anilines is 2. The Hall–Kier alpha value is -2.55. The van der Waals surface area contributed by atoms with Crippen LogP contribution in [0.5, 0.6) is 0 Å². The third-order valence-electron chi connectivity index (χ3n) is 2.68. The fraction of sp³-hybridized carbons (Fsp3) is 0.143. The molecule has 1 aromatic carbocycles. The SMILES string of the molecule is C#Cc1cccc(C(F)(F)F)c1N(C)c1ncccn1. The van der Waals surface area contributed by atoms with Gasteiger partial charge in [-0.1, -0.05) is 12.0 Å². The quantitative estimate of drug-likeness (QED) is 0.789. The molecule has 0 N–H and O–H groups in total. The molecule has 0 unspecified atom stereocenters. The van der Waals surface area contributed by atoms with Gasteiger partial charge in [-0.25, -0.2) is 9.97 Å². The number of para-hydroxylation sites is 1. The summed E-state index contributed by atoms with van der Waals surface area (Å²) in [6, 6.07) is 5.29. The van der Waals surface area contributed by atoms with E-state index in [1.165, 1.54) is 36.5 Å². The van der Waals surface area contributed by atoms with Crippen LogP contribution in [0, 0.1) is 12.3 Å². The first-order valence-corrected chi connectivity index (χ1v) is 5.62. The molecule has 0 saturated heterocycles. The van der Waals surface area contributed by atoms with E-state index in [0.29, 0.717) is 0 Å². The molecular formula is C14H10F3N3. The molecule has 1 heterocycles. The zero-order valence-electron chi connectivity index (χ0n) is 10.5. The van der Waals surface area contributed by atoms with Gasteiger partial charge in [0, 0.05) is 25.0 Å². The molecule has 2 rings (SSSR count). The lowest BCUT2D eigenvalue weighted by Gasteiger charge is -2.23. The van der Waals surface area contributed by atoms with Gasteiger partial charge in [-0.3, -0.25) is 0 Å². The zero-order valence-corrected chi connectivity index (χ0v) is 10.5. The monoisotopic (exact) mass is 277 g/mol. The number of rotatable bonds is 2. The highest BCUT2D eigenvalue weighted by atomic mass is 19.4. The van der Waals surface area contributed by atoms with E-state index in [1.807, 2.05) is 0 Å². The molecule has 0 bridgehead atoms. The Morgan fingerprint density at radius 3 is 2.35 bits per heavy atom. The second-order valence-corrected chi connectivity index (χ2v) is 3.95. The van der Waals surface area contributed by atoms with E-state index in [9.17, 15) is 13.2 Å². The second kappa shape index (κ2) is 5.21. The first-order valence-electron chi connectivity index (χ1n) is 5.62. The summed E-state index contributed by atoms with van der Waals surface area (Å²) < 4.78 is 39.3. The largest absolute Gasteiger partial charge is 0.418 e. The van der Waals surface area contributed by atoms with E-state index in [-0.39, 0.29) is 17.2 Å². The molecule has 0 saturated carbocycles. The summed E-state index contributed by atoms with van der Waals surface area (Å²) in [5.41, 5.74) is -0.814. The van der Waals surface area contributed by atoms with Gasteiger partial charge in [0.15, 0.2) is 0 Å². The van der Waals surface area contributed by atoms with Crippen molar-refractivity contribution >= 4 is 11.6 Å². The molecule has 2 aromatic rings. The fourth-order valence-corrected chi connectivity index (χ4v) is 1.81. The lowest BCUT2D eigenvalue weighted by atomic mass is 10.1. The summed E-state index contributed by atoms with van der Waals surface area (Å²) in [7, 11) is 1.45. The van der Waals surface area contributed by atoms with Crippen molar-refractivity contribution in [2.75, 3.05) is 11.9 Å². The second-order valence-electron chi connectivity index (χ2n) is 3.95. The van der Waals surface area contributed by atoms with Gasteiger partial charge in [0.25, 0.3) is 0 Å². The number of aromatic nitrogens is 2. The Labute approximate surface area is 114 Å². The number of terminal acetylenes is 1. The van der Waals surface area contributed by atoms with Gasteiger partial charge >= 0.3 is 6.18 Å². The zero-order chi connectivity index (χ0) is 14.8. The minimum atomic E-state index is -4.51. The maximum absolute atomic E-state index is 13.1. The van der Waals surface area contributed by atoms with Gasteiger partial charge in [-0.05, 0) is 18.2 Å². The van der Waals surface area contributed by atoms with E-state index in [2.05, 4.69) is 15.9 Å². The molecule has 0 radical (unpaired) electrons. The number of alkyl halides is 3. The smallest absolute Gasteiger partial charge is 0.312 e. The number of halogens is 3. The summed E-state index contributed by atoms with van der Waals surface area (Å²) in [5.74, 6) is 2.40. The van der Waals surface area contributed by atoms with Crippen molar-refractivity contribution in [1.82, 2.24) is 9.97 Å². The van der Waals surface area contributed by atoms with Gasteiger partial charge in [0.1, 0.15) is 0 Å². The summed E-state index contributed by atoms with van der Waals surface area (Å²) >= 11 is 0. The summed E-state index contributed by atoms with van der Waals surface area (Å²) in [4.78, 5) is 9.10. The van der Waals surface area contributed by atoms with E-state index in [1.54, 1.807) is 6.07 Å². The molecule has 0 aliphatic carbocycles. The Bertz CT molecular complexity index is 645. The lowest BCUT2D eigenvalue weighted by molar-refractivity contribution is -0.137. The van der Waals surface area contributed by atoms with Crippen molar-refractivity contribution in [3.8, 4) is 12.3 Å². The van der Waals surface area contributed by atoms with Crippen LogP contribution in [-0.4, -0.2) is 17.0 Å². The number of benzene rings is 1. The molecule has 0 spiro atoms. The van der Waals surface area contributed by atoms with Crippen LogP contribution < -0.4 is 4.90 Å². The number of hydrogen-bond acceptors (Lipinski definition) is 3. The molecule has 1 aromatic heterocycles. The van der Waals surface area contributed by atoms with Crippen LogP contribution >= 0.6 is 0 Å². The molecule has 0 amide bonds. The third kappa shape index (κ3) is 2.57. The Balaban J connectivity index is 2.64. The van der Waals surface area contributed by atoms with Crippen molar-refractivity contribution < 1.29 is 13.2 Å². The van der Waals surface area contributed by atoms with Crippen LogP contribution in [0.15, 0.2) is 36.7 Å². The van der Waals surface area contributed by atoms with Crippen LogP contribution in [0.3, 0.4) is 0 Å². The summed E-state index contributed by atoms with van der Waals surface area (Å²) in [6.45, 7) is 0. The molecule has 20 heavy (non-hydrogen) atoms. The van der Waals surface area contributed by atoms with Crippen molar-refractivity contribution in [2.24, 2.45) is 0 Å². The van der Waals surface area contributed by atoms with E-state index < -0.39 is 11.7 Å². The highest BCUT2D eigenvalue weighted by Gasteiger charge is 2.35. The Morgan fingerprint density at radius 2 is 1.80 bits per heavy atom. The summed E-state index contributed by atoms with van der Waals surface area (Å²) in [5, 5.41) is 0. The van der Waals surface area contributed by atoms with Crippen molar-refractivity contribution in [3.05, 3.63) is 47.8 Å². The maximum atomic E-state index is 13.1. The predicted octanol–water partition coefficient (Wildman–Crippen LogP) is 3.24. The normalized spacial score (nSPS) is 10.9. The minimum absolute atomic E-state index is 0.131. The predicted molar refractivity (Wildman–Crippen MR) is 69.5 cm³/mol. The van der Waals surface area contributed by atoms with Crippen molar-refractivity contribution in [3.63, 3.8) is 0 Å². The lowest BCUT2D eigenvalue weighted by Crippen LogP contribution is -2.19. The van der Waals surface area contributed by atoms with Crippen molar-refractivity contribution in [1.29, 1.82) is 0 Å². The van der Waals surface area contributed by atoms with Crippen LogP contribution in [0.1, 0.15) is 11.1 Å². The highest BCUT2D eigenvalue weighted by molar-refractivity contribution is 5.70.